The van der Waals surface area contributed by atoms with Gasteiger partial charge in [-0.05, 0) is 54.3 Å². The van der Waals surface area contributed by atoms with E-state index in [0.717, 1.165) is 36.7 Å². The molecule has 0 spiro atoms. The summed E-state index contributed by atoms with van der Waals surface area (Å²) >= 11 is 0. The van der Waals surface area contributed by atoms with E-state index in [1.807, 2.05) is 6.07 Å². The van der Waals surface area contributed by atoms with Crippen molar-refractivity contribution in [3.8, 4) is 5.75 Å². The van der Waals surface area contributed by atoms with E-state index >= 15 is 0 Å². The third-order valence-corrected chi connectivity index (χ3v) is 3.90. The highest BCUT2D eigenvalue weighted by Crippen LogP contribution is 2.27. The van der Waals surface area contributed by atoms with Gasteiger partial charge in [0.25, 0.3) is 0 Å². The van der Waals surface area contributed by atoms with Crippen molar-refractivity contribution in [1.82, 2.24) is 0 Å². The first-order chi connectivity index (χ1) is 9.63. The van der Waals surface area contributed by atoms with E-state index in [4.69, 9.17) is 10.5 Å². The Morgan fingerprint density at radius 3 is 2.80 bits per heavy atom. The van der Waals surface area contributed by atoms with Crippen LogP contribution < -0.4 is 15.8 Å². The maximum atomic E-state index is 6.06. The molecule has 3 nitrogen and oxygen atoms in total. The predicted molar refractivity (Wildman–Crippen MR) is 83.3 cm³/mol. The van der Waals surface area contributed by atoms with Crippen LogP contribution in [0.5, 0.6) is 5.75 Å². The van der Waals surface area contributed by atoms with Crippen LogP contribution >= 0.6 is 0 Å². The van der Waals surface area contributed by atoms with Crippen LogP contribution in [0.25, 0.3) is 0 Å². The molecule has 104 valence electrons. The molecule has 0 atom stereocenters. The van der Waals surface area contributed by atoms with Crippen molar-refractivity contribution in [2.75, 3.05) is 17.7 Å². The molecule has 1 heterocycles. The zero-order valence-electron chi connectivity index (χ0n) is 12.0. The Labute approximate surface area is 119 Å². The minimum atomic E-state index is 0.778. The number of anilines is 2. The average Bonchev–Trinajstić information content (AvgIpc) is 2.89. The first-order valence-corrected chi connectivity index (χ1v) is 6.98. The first kappa shape index (κ1) is 12.9. The van der Waals surface area contributed by atoms with Gasteiger partial charge in [-0.25, -0.2) is 0 Å². The summed E-state index contributed by atoms with van der Waals surface area (Å²) in [5, 5.41) is 3.42. The highest BCUT2D eigenvalue weighted by atomic mass is 16.5. The highest BCUT2D eigenvalue weighted by Gasteiger charge is 2.12. The molecule has 0 saturated heterocycles. The van der Waals surface area contributed by atoms with Crippen LogP contribution in [0.15, 0.2) is 30.3 Å². The van der Waals surface area contributed by atoms with E-state index < -0.39 is 0 Å². The van der Waals surface area contributed by atoms with Gasteiger partial charge in [-0.15, -0.1) is 0 Å². The molecule has 0 aliphatic carbocycles. The lowest BCUT2D eigenvalue weighted by atomic mass is 10.1. The summed E-state index contributed by atoms with van der Waals surface area (Å²) in [5.74, 6) is 1.03. The molecular formula is C17H20N2O. The number of nitrogens with one attached hydrogen (secondary N) is 1. The number of nitrogens with two attached hydrogens (primary N) is 1. The fourth-order valence-corrected chi connectivity index (χ4v) is 2.54. The summed E-state index contributed by atoms with van der Waals surface area (Å²) in [7, 11) is 0. The van der Waals surface area contributed by atoms with E-state index in [1.165, 1.54) is 22.3 Å². The number of benzene rings is 2. The van der Waals surface area contributed by atoms with Crippen LogP contribution in [-0.4, -0.2) is 6.61 Å². The summed E-state index contributed by atoms with van der Waals surface area (Å²) < 4.78 is 5.52. The Morgan fingerprint density at radius 1 is 1.15 bits per heavy atom. The maximum Gasteiger partial charge on any atom is 0.122 e. The molecule has 0 amide bonds. The number of nitrogen functional groups attached to an aromatic ring is 1. The van der Waals surface area contributed by atoms with Gasteiger partial charge in [0.2, 0.25) is 0 Å². The van der Waals surface area contributed by atoms with E-state index in [0.29, 0.717) is 0 Å². The lowest BCUT2D eigenvalue weighted by Crippen LogP contribution is -2.03. The van der Waals surface area contributed by atoms with Gasteiger partial charge in [0.1, 0.15) is 5.75 Å². The standard InChI is InChI=1S/C17H20N2O/c1-11-7-15(18)16(8-12(11)2)19-10-13-3-4-17-14(9-13)5-6-20-17/h3-4,7-9,19H,5-6,10,18H2,1-2H3. The van der Waals surface area contributed by atoms with Gasteiger partial charge < -0.3 is 15.8 Å². The molecule has 0 radical (unpaired) electrons. The zero-order chi connectivity index (χ0) is 14.1. The van der Waals surface area contributed by atoms with E-state index in [9.17, 15) is 0 Å². The minimum absolute atomic E-state index is 0.778. The second-order valence-corrected chi connectivity index (χ2v) is 5.42. The normalized spacial score (nSPS) is 12.9. The first-order valence-electron chi connectivity index (χ1n) is 6.98. The summed E-state index contributed by atoms with van der Waals surface area (Å²) in [6, 6.07) is 10.5. The lowest BCUT2D eigenvalue weighted by molar-refractivity contribution is 0.357. The molecule has 3 N–H and O–H groups in total. The van der Waals surface area contributed by atoms with Crippen molar-refractivity contribution >= 4 is 11.4 Å². The molecule has 20 heavy (non-hydrogen) atoms. The summed E-state index contributed by atoms with van der Waals surface area (Å²) in [6.07, 6.45) is 1.01. The summed E-state index contributed by atoms with van der Waals surface area (Å²) in [4.78, 5) is 0. The third-order valence-electron chi connectivity index (χ3n) is 3.90. The van der Waals surface area contributed by atoms with Crippen molar-refractivity contribution < 1.29 is 4.74 Å². The van der Waals surface area contributed by atoms with Gasteiger partial charge in [-0.2, -0.15) is 0 Å². The largest absolute Gasteiger partial charge is 0.493 e. The number of ether oxygens (including phenoxy) is 1. The smallest absolute Gasteiger partial charge is 0.122 e. The molecule has 0 unspecified atom stereocenters. The van der Waals surface area contributed by atoms with Crippen LogP contribution in [0.1, 0.15) is 22.3 Å². The van der Waals surface area contributed by atoms with Crippen LogP contribution in [0, 0.1) is 13.8 Å². The molecule has 2 aromatic rings. The second kappa shape index (κ2) is 5.08. The number of hydrogen-bond donors (Lipinski definition) is 2. The SMILES string of the molecule is Cc1cc(N)c(NCc2ccc3c(c2)CCO3)cc1C. The molecular weight excluding hydrogens is 248 g/mol. The number of fused-ring (bicyclic) bond motifs is 1. The van der Waals surface area contributed by atoms with Crippen molar-refractivity contribution in [2.45, 2.75) is 26.8 Å². The fraction of sp³-hybridized carbons (Fsp3) is 0.294. The Bertz CT molecular complexity index is 650. The van der Waals surface area contributed by atoms with E-state index in [-0.39, 0.29) is 0 Å². The van der Waals surface area contributed by atoms with Crippen LogP contribution in [0.2, 0.25) is 0 Å². The van der Waals surface area contributed by atoms with E-state index in [2.05, 4.69) is 43.4 Å². The number of hydrogen-bond acceptors (Lipinski definition) is 3. The monoisotopic (exact) mass is 268 g/mol. The topological polar surface area (TPSA) is 47.3 Å². The molecule has 0 saturated carbocycles. The highest BCUT2D eigenvalue weighted by molar-refractivity contribution is 5.68. The Morgan fingerprint density at radius 2 is 1.95 bits per heavy atom. The van der Waals surface area contributed by atoms with Gasteiger partial charge in [0.05, 0.1) is 18.0 Å². The van der Waals surface area contributed by atoms with Crippen LogP contribution in [0.3, 0.4) is 0 Å². The molecule has 1 aliphatic heterocycles. The van der Waals surface area contributed by atoms with Gasteiger partial charge in [0.15, 0.2) is 0 Å². The Balaban J connectivity index is 1.75. The van der Waals surface area contributed by atoms with Crippen molar-refractivity contribution in [3.05, 3.63) is 52.6 Å². The number of aryl methyl sites for hydroxylation is 2. The Kier molecular flexibility index (Phi) is 3.26. The molecule has 0 bridgehead atoms. The van der Waals surface area contributed by atoms with Gasteiger partial charge in [0, 0.05) is 13.0 Å². The number of rotatable bonds is 3. The average molecular weight is 268 g/mol. The molecule has 0 fully saturated rings. The van der Waals surface area contributed by atoms with Crippen molar-refractivity contribution in [2.24, 2.45) is 0 Å². The van der Waals surface area contributed by atoms with Crippen LogP contribution in [-0.2, 0) is 13.0 Å². The van der Waals surface area contributed by atoms with Gasteiger partial charge >= 0.3 is 0 Å². The molecule has 3 rings (SSSR count). The van der Waals surface area contributed by atoms with Crippen molar-refractivity contribution in [3.63, 3.8) is 0 Å². The quantitative estimate of drug-likeness (QED) is 0.838. The summed E-state index contributed by atoms with van der Waals surface area (Å²) in [6.45, 7) is 5.76. The molecule has 3 heteroatoms. The maximum absolute atomic E-state index is 6.06. The zero-order valence-corrected chi connectivity index (χ0v) is 12.0. The minimum Gasteiger partial charge on any atom is -0.493 e. The molecule has 1 aliphatic rings. The van der Waals surface area contributed by atoms with Crippen molar-refractivity contribution in [1.29, 1.82) is 0 Å². The molecule has 0 aromatic heterocycles. The molecule has 2 aromatic carbocycles. The predicted octanol–water partition coefficient (Wildman–Crippen LogP) is 3.43. The van der Waals surface area contributed by atoms with E-state index in [1.54, 1.807) is 0 Å². The van der Waals surface area contributed by atoms with Gasteiger partial charge in [-0.3, -0.25) is 0 Å². The van der Waals surface area contributed by atoms with Crippen LogP contribution in [0.4, 0.5) is 11.4 Å². The second-order valence-electron chi connectivity index (χ2n) is 5.42. The van der Waals surface area contributed by atoms with Gasteiger partial charge in [-0.1, -0.05) is 12.1 Å². The third kappa shape index (κ3) is 2.44. The Hall–Kier alpha value is -2.16. The summed E-state index contributed by atoms with van der Waals surface area (Å²) in [5.41, 5.74) is 12.9. The fourth-order valence-electron chi connectivity index (χ4n) is 2.54. The lowest BCUT2D eigenvalue weighted by Gasteiger charge is -2.12.